The van der Waals surface area contributed by atoms with Gasteiger partial charge in [-0.25, -0.2) is 0 Å². The van der Waals surface area contributed by atoms with Gasteiger partial charge in [0.1, 0.15) is 17.7 Å². The van der Waals surface area contributed by atoms with E-state index >= 15 is 0 Å². The van der Waals surface area contributed by atoms with E-state index < -0.39 is 0 Å². The van der Waals surface area contributed by atoms with E-state index in [-0.39, 0.29) is 10.6 Å². The van der Waals surface area contributed by atoms with Crippen LogP contribution < -0.4 is 9.80 Å². The highest BCUT2D eigenvalue weighted by atomic mass is 35.5. The smallest absolute Gasteiger partial charge is 0.148 e. The van der Waals surface area contributed by atoms with E-state index in [1.165, 1.54) is 0 Å². The van der Waals surface area contributed by atoms with Crippen LogP contribution in [0.1, 0.15) is 11.1 Å². The van der Waals surface area contributed by atoms with Crippen molar-refractivity contribution in [1.29, 1.82) is 10.5 Å². The number of benzene rings is 2. The zero-order valence-corrected chi connectivity index (χ0v) is 16.6. The van der Waals surface area contributed by atoms with Crippen molar-refractivity contribution < 1.29 is 0 Å². The van der Waals surface area contributed by atoms with Crippen molar-refractivity contribution in [2.24, 2.45) is 0 Å². The number of halogens is 1. The molecule has 0 atom stereocenters. The lowest BCUT2D eigenvalue weighted by Crippen LogP contribution is -2.08. The average Bonchev–Trinajstić information content (AvgIpc) is 2.67. The molecule has 2 aromatic carbocycles. The molecule has 4 nitrogen and oxygen atoms in total. The second kappa shape index (κ2) is 8.94. The second-order valence-electron chi connectivity index (χ2n) is 6.39. The molecule has 0 saturated heterocycles. The molecule has 2 rings (SSSR count). The first kappa shape index (κ1) is 20.1. The van der Waals surface area contributed by atoms with Gasteiger partial charge in [-0.05, 0) is 47.0 Å². The number of hydrogen-bond acceptors (Lipinski definition) is 4. The number of allylic oxidation sites excluding steroid dienone is 3. The molecule has 0 fully saturated rings. The molecule has 0 unspecified atom stereocenters. The van der Waals surface area contributed by atoms with Gasteiger partial charge in [0, 0.05) is 39.6 Å². The summed E-state index contributed by atoms with van der Waals surface area (Å²) in [6.45, 7) is 0. The summed E-state index contributed by atoms with van der Waals surface area (Å²) >= 11 is 6.25. The monoisotopic (exact) mass is 376 g/mol. The summed E-state index contributed by atoms with van der Waals surface area (Å²) in [7, 11) is 7.93. The van der Waals surface area contributed by atoms with Crippen LogP contribution in [0.3, 0.4) is 0 Å². The third kappa shape index (κ3) is 4.91. The van der Waals surface area contributed by atoms with Crippen molar-refractivity contribution in [2.45, 2.75) is 0 Å². The Bertz CT molecular complexity index is 868. The number of nitrogens with zero attached hydrogens (tertiary/aromatic N) is 4. The van der Waals surface area contributed by atoms with Crippen LogP contribution in [0, 0.1) is 22.7 Å². The molecular weight excluding hydrogens is 356 g/mol. The molecule has 2 aromatic rings. The van der Waals surface area contributed by atoms with Crippen LogP contribution in [-0.4, -0.2) is 28.2 Å². The summed E-state index contributed by atoms with van der Waals surface area (Å²) in [6.07, 6.45) is 1.68. The fourth-order valence-electron chi connectivity index (χ4n) is 2.54. The third-order valence-electron chi connectivity index (χ3n) is 4.12. The molecule has 0 aliphatic heterocycles. The molecule has 0 spiro atoms. The van der Waals surface area contributed by atoms with Crippen LogP contribution in [0.5, 0.6) is 0 Å². The maximum atomic E-state index is 9.09. The lowest BCUT2D eigenvalue weighted by molar-refractivity contribution is 1.13. The predicted molar refractivity (Wildman–Crippen MR) is 113 cm³/mol. The van der Waals surface area contributed by atoms with Crippen LogP contribution >= 0.6 is 11.6 Å². The lowest BCUT2D eigenvalue weighted by Gasteiger charge is -2.16. The number of hydrogen-bond donors (Lipinski definition) is 0. The van der Waals surface area contributed by atoms with Gasteiger partial charge in [0.05, 0.1) is 5.03 Å². The Kier molecular flexibility index (Phi) is 6.66. The highest BCUT2D eigenvalue weighted by Crippen LogP contribution is 2.29. The molecule has 0 aliphatic rings. The zero-order chi connectivity index (χ0) is 20.0. The molecule has 0 amide bonds. The highest BCUT2D eigenvalue weighted by molar-refractivity contribution is 6.32. The number of rotatable bonds is 5. The second-order valence-corrected chi connectivity index (χ2v) is 6.79. The first-order valence-corrected chi connectivity index (χ1v) is 8.72. The standard InChI is InChI=1S/C22H21ClN4/c1-26(2)19-9-5-16(6-10-19)21(13-22(23)18(14-24)15-25)17-7-11-20(12-8-17)27(3)4/h5-13H,1-4H3. The maximum Gasteiger partial charge on any atom is 0.148 e. The first-order chi connectivity index (χ1) is 12.9. The van der Waals surface area contributed by atoms with Gasteiger partial charge >= 0.3 is 0 Å². The Morgan fingerprint density at radius 1 is 0.778 bits per heavy atom. The molecule has 0 bridgehead atoms. The Morgan fingerprint density at radius 3 is 1.44 bits per heavy atom. The Morgan fingerprint density at radius 2 is 1.15 bits per heavy atom. The minimum atomic E-state index is -0.107. The Hall–Kier alpha value is -3.21. The van der Waals surface area contributed by atoms with Crippen LogP contribution in [-0.2, 0) is 0 Å². The summed E-state index contributed by atoms with van der Waals surface area (Å²) in [5.41, 5.74) is 4.80. The van der Waals surface area contributed by atoms with Crippen LogP contribution in [0.4, 0.5) is 11.4 Å². The summed E-state index contributed by atoms with van der Waals surface area (Å²) < 4.78 is 0. The minimum absolute atomic E-state index is 0.107. The van der Waals surface area contributed by atoms with Gasteiger partial charge in [-0.2, -0.15) is 10.5 Å². The van der Waals surface area contributed by atoms with E-state index in [1.807, 2.05) is 98.7 Å². The average molecular weight is 377 g/mol. The minimum Gasteiger partial charge on any atom is -0.378 e. The van der Waals surface area contributed by atoms with Gasteiger partial charge in [0.15, 0.2) is 0 Å². The Labute approximate surface area is 165 Å². The maximum absolute atomic E-state index is 9.09. The van der Waals surface area contributed by atoms with Gasteiger partial charge < -0.3 is 9.80 Å². The van der Waals surface area contributed by atoms with Crippen LogP contribution in [0.25, 0.3) is 5.57 Å². The fourth-order valence-corrected chi connectivity index (χ4v) is 2.74. The van der Waals surface area contributed by atoms with E-state index in [4.69, 9.17) is 22.1 Å². The summed E-state index contributed by atoms with van der Waals surface area (Å²) in [5, 5.41) is 18.3. The largest absolute Gasteiger partial charge is 0.378 e. The van der Waals surface area contributed by atoms with Crippen LogP contribution in [0.15, 0.2) is 65.2 Å². The van der Waals surface area contributed by atoms with Crippen molar-refractivity contribution in [3.63, 3.8) is 0 Å². The van der Waals surface area contributed by atoms with E-state index in [0.717, 1.165) is 28.1 Å². The molecule has 0 saturated carbocycles. The third-order valence-corrected chi connectivity index (χ3v) is 4.42. The molecule has 136 valence electrons. The first-order valence-electron chi connectivity index (χ1n) is 8.34. The van der Waals surface area contributed by atoms with Crippen molar-refractivity contribution in [3.05, 3.63) is 76.3 Å². The van der Waals surface area contributed by atoms with Crippen molar-refractivity contribution in [2.75, 3.05) is 38.0 Å². The number of nitriles is 2. The van der Waals surface area contributed by atoms with E-state index in [2.05, 4.69) is 0 Å². The fraction of sp³-hybridized carbons (Fsp3) is 0.182. The lowest BCUT2D eigenvalue weighted by atomic mass is 9.96. The van der Waals surface area contributed by atoms with Gasteiger partial charge in [-0.3, -0.25) is 0 Å². The van der Waals surface area contributed by atoms with E-state index in [9.17, 15) is 0 Å². The molecule has 0 heterocycles. The molecule has 27 heavy (non-hydrogen) atoms. The SMILES string of the molecule is CN(C)c1ccc(C(=CC(Cl)=C(C#N)C#N)c2ccc(N(C)C)cc2)cc1. The Balaban J connectivity index is 2.60. The molecular formula is C22H21ClN4. The van der Waals surface area contributed by atoms with Crippen LogP contribution in [0.2, 0.25) is 0 Å². The molecule has 5 heteroatoms. The van der Waals surface area contributed by atoms with Crippen molar-refractivity contribution in [1.82, 2.24) is 0 Å². The van der Waals surface area contributed by atoms with Crippen molar-refractivity contribution >= 4 is 28.5 Å². The highest BCUT2D eigenvalue weighted by Gasteiger charge is 2.10. The van der Waals surface area contributed by atoms with Gasteiger partial charge in [0.2, 0.25) is 0 Å². The molecule has 0 radical (unpaired) electrons. The predicted octanol–water partition coefficient (Wildman–Crippen LogP) is 4.79. The van der Waals surface area contributed by atoms with E-state index in [0.29, 0.717) is 0 Å². The number of anilines is 2. The summed E-state index contributed by atoms with van der Waals surface area (Å²) in [4.78, 5) is 4.05. The summed E-state index contributed by atoms with van der Waals surface area (Å²) in [6, 6.07) is 19.8. The van der Waals surface area contributed by atoms with Gasteiger partial charge in [0.25, 0.3) is 0 Å². The van der Waals surface area contributed by atoms with Crippen molar-refractivity contribution in [3.8, 4) is 12.1 Å². The topological polar surface area (TPSA) is 54.1 Å². The molecule has 0 aromatic heterocycles. The normalized spacial score (nSPS) is 9.59. The van der Waals surface area contributed by atoms with E-state index in [1.54, 1.807) is 6.08 Å². The molecule has 0 aliphatic carbocycles. The van der Waals surface area contributed by atoms with Gasteiger partial charge in [-0.15, -0.1) is 0 Å². The quantitative estimate of drug-likeness (QED) is 0.556. The summed E-state index contributed by atoms with van der Waals surface area (Å²) in [5.74, 6) is 0. The van der Waals surface area contributed by atoms with Gasteiger partial charge in [-0.1, -0.05) is 35.9 Å². The zero-order valence-electron chi connectivity index (χ0n) is 15.9. The molecule has 0 N–H and O–H groups in total.